The zero-order valence-corrected chi connectivity index (χ0v) is 9.61. The van der Waals surface area contributed by atoms with Gasteiger partial charge in [-0.25, -0.2) is 4.39 Å². The maximum absolute atomic E-state index is 12.9. The molecule has 0 atom stereocenters. The van der Waals surface area contributed by atoms with Crippen molar-refractivity contribution in [3.63, 3.8) is 0 Å². The number of hydrogen-bond acceptors (Lipinski definition) is 3. The highest BCUT2D eigenvalue weighted by molar-refractivity contribution is 9.10. The highest BCUT2D eigenvalue weighted by Crippen LogP contribution is 2.18. The number of nitrogens with two attached hydrogens (primary N) is 1. The maximum Gasteiger partial charge on any atom is 0.123 e. The van der Waals surface area contributed by atoms with Crippen LogP contribution < -0.4 is 11.4 Å². The minimum Gasteiger partial charge on any atom is -0.287 e. The second-order valence-corrected chi connectivity index (χ2v) is 3.66. The molecule has 0 unspecified atom stereocenters. The van der Waals surface area contributed by atoms with Crippen molar-refractivity contribution in [2.45, 2.75) is 6.54 Å². The first-order chi connectivity index (χ1) is 6.67. The topological polar surface area (TPSA) is 41.3 Å². The Balaban J connectivity index is 2.84. The first-order valence-corrected chi connectivity index (χ1v) is 5.06. The van der Waals surface area contributed by atoms with E-state index >= 15 is 0 Å². The van der Waals surface area contributed by atoms with Crippen molar-refractivity contribution >= 4 is 33.6 Å². The molecule has 1 aromatic carbocycles. The van der Waals surface area contributed by atoms with E-state index in [4.69, 9.17) is 18.1 Å². The van der Waals surface area contributed by atoms with Crippen LogP contribution in [0.5, 0.6) is 0 Å². The lowest BCUT2D eigenvalue weighted by Crippen LogP contribution is -2.40. The van der Waals surface area contributed by atoms with Crippen LogP contribution in [0.1, 0.15) is 5.56 Å². The molecule has 1 rings (SSSR count). The largest absolute Gasteiger partial charge is 0.287 e. The number of rotatable bonds is 4. The number of nitrogens with zero attached hydrogens (tertiary/aromatic N) is 1. The highest BCUT2D eigenvalue weighted by Gasteiger charge is 2.04. The van der Waals surface area contributed by atoms with E-state index in [9.17, 15) is 4.39 Å². The lowest BCUT2D eigenvalue weighted by Gasteiger charge is -2.17. The number of benzene rings is 1. The third-order valence-corrected chi connectivity index (χ3v) is 2.67. The summed E-state index contributed by atoms with van der Waals surface area (Å²) in [6.07, 6.45) is 0. The summed E-state index contributed by atoms with van der Waals surface area (Å²) >= 11 is 8.00. The predicted octanol–water partition coefficient (Wildman–Crippen LogP) is 1.73. The van der Waals surface area contributed by atoms with Gasteiger partial charge in [-0.3, -0.25) is 10.9 Å². The second kappa shape index (κ2) is 5.35. The smallest absolute Gasteiger partial charge is 0.123 e. The summed E-state index contributed by atoms with van der Waals surface area (Å²) in [6.45, 7) is 0.401. The molecule has 0 spiro atoms. The zero-order chi connectivity index (χ0) is 10.6. The fourth-order valence-corrected chi connectivity index (χ4v) is 1.47. The molecule has 0 heterocycles. The van der Waals surface area contributed by atoms with Gasteiger partial charge in [0.2, 0.25) is 0 Å². The van der Waals surface area contributed by atoms with Gasteiger partial charge in [-0.05, 0) is 23.8 Å². The van der Waals surface area contributed by atoms with Crippen molar-refractivity contribution in [1.29, 1.82) is 0 Å². The third-order valence-electron chi connectivity index (χ3n) is 1.64. The standard InChI is InChI=1S/C8H9BrFN3S/c9-8-2-1-7(10)3-6(8)4-13(5-14)12-11/h1-3,5,12H,4,11H2. The summed E-state index contributed by atoms with van der Waals surface area (Å²) in [5.74, 6) is 4.90. The monoisotopic (exact) mass is 277 g/mol. The molecule has 1 aromatic rings. The molecule has 0 radical (unpaired) electrons. The van der Waals surface area contributed by atoms with Crippen molar-refractivity contribution in [2.75, 3.05) is 0 Å². The van der Waals surface area contributed by atoms with Gasteiger partial charge >= 0.3 is 0 Å². The summed E-state index contributed by atoms with van der Waals surface area (Å²) in [4.78, 5) is 0. The average molecular weight is 278 g/mol. The van der Waals surface area contributed by atoms with Crippen LogP contribution in [0.15, 0.2) is 22.7 Å². The molecule has 76 valence electrons. The number of hydrogen-bond donors (Lipinski definition) is 2. The van der Waals surface area contributed by atoms with Crippen LogP contribution in [-0.4, -0.2) is 10.5 Å². The van der Waals surface area contributed by atoms with E-state index in [2.05, 4.69) is 21.5 Å². The van der Waals surface area contributed by atoms with E-state index in [0.717, 1.165) is 10.0 Å². The van der Waals surface area contributed by atoms with Crippen molar-refractivity contribution < 1.29 is 4.39 Å². The van der Waals surface area contributed by atoms with Crippen LogP contribution in [-0.2, 0) is 6.54 Å². The Labute approximate surface area is 95.1 Å². The molecule has 0 saturated heterocycles. The van der Waals surface area contributed by atoms with Crippen molar-refractivity contribution in [3.8, 4) is 0 Å². The maximum atomic E-state index is 12.9. The summed E-state index contributed by atoms with van der Waals surface area (Å²) in [6, 6.07) is 4.45. The summed E-state index contributed by atoms with van der Waals surface area (Å²) in [7, 11) is 0. The Hall–Kier alpha value is -0.560. The molecule has 0 aromatic heterocycles. The van der Waals surface area contributed by atoms with Gasteiger partial charge in [-0.1, -0.05) is 28.1 Å². The van der Waals surface area contributed by atoms with Gasteiger partial charge < -0.3 is 0 Å². The lowest BCUT2D eigenvalue weighted by molar-refractivity contribution is 0.319. The molecule has 0 amide bonds. The summed E-state index contributed by atoms with van der Waals surface area (Å²) in [5.41, 5.74) is 4.50. The van der Waals surface area contributed by atoms with E-state index in [-0.39, 0.29) is 5.82 Å². The van der Waals surface area contributed by atoms with E-state index < -0.39 is 0 Å². The first kappa shape index (κ1) is 11.5. The van der Waals surface area contributed by atoms with E-state index in [1.54, 1.807) is 6.07 Å². The van der Waals surface area contributed by atoms with E-state index in [1.165, 1.54) is 22.6 Å². The molecule has 0 aliphatic heterocycles. The highest BCUT2D eigenvalue weighted by atomic mass is 79.9. The third kappa shape index (κ3) is 2.98. The van der Waals surface area contributed by atoms with Crippen molar-refractivity contribution in [3.05, 3.63) is 34.1 Å². The van der Waals surface area contributed by atoms with Gasteiger partial charge in [0.05, 0.1) is 12.0 Å². The van der Waals surface area contributed by atoms with Gasteiger partial charge in [0.15, 0.2) is 0 Å². The molecule has 14 heavy (non-hydrogen) atoms. The number of nitrogens with one attached hydrogen (secondary N) is 1. The van der Waals surface area contributed by atoms with Gasteiger partial charge in [-0.15, -0.1) is 0 Å². The SMILES string of the molecule is NNN(C=S)Cc1cc(F)ccc1Br. The minimum absolute atomic E-state index is 0.287. The van der Waals surface area contributed by atoms with Crippen LogP contribution in [0, 0.1) is 5.82 Å². The fourth-order valence-electron chi connectivity index (χ4n) is 0.961. The molecule has 3 N–H and O–H groups in total. The van der Waals surface area contributed by atoms with Crippen LogP contribution in [0.3, 0.4) is 0 Å². The average Bonchev–Trinajstić information content (AvgIpc) is 2.19. The molecular formula is C8H9BrFN3S. The van der Waals surface area contributed by atoms with Gasteiger partial charge in [0.1, 0.15) is 5.82 Å². The predicted molar refractivity (Wildman–Crippen MR) is 60.6 cm³/mol. The number of thiocarbonyl (C=S) groups is 1. The second-order valence-electron chi connectivity index (χ2n) is 2.60. The van der Waals surface area contributed by atoms with E-state index in [0.29, 0.717) is 6.54 Å². The Morgan fingerprint density at radius 3 is 2.93 bits per heavy atom. The van der Waals surface area contributed by atoms with Gasteiger partial charge in [0, 0.05) is 4.47 Å². The molecule has 3 nitrogen and oxygen atoms in total. The molecular weight excluding hydrogens is 269 g/mol. The van der Waals surface area contributed by atoms with Crippen molar-refractivity contribution in [1.82, 2.24) is 10.5 Å². The minimum atomic E-state index is -0.287. The Bertz CT molecular complexity index is 334. The van der Waals surface area contributed by atoms with Crippen LogP contribution >= 0.6 is 28.1 Å². The molecule has 6 heteroatoms. The Morgan fingerprint density at radius 1 is 1.64 bits per heavy atom. The van der Waals surface area contributed by atoms with Crippen LogP contribution in [0.25, 0.3) is 0 Å². The van der Waals surface area contributed by atoms with Gasteiger partial charge in [0.25, 0.3) is 0 Å². The Kier molecular flexibility index (Phi) is 4.40. The zero-order valence-electron chi connectivity index (χ0n) is 7.21. The molecule has 0 saturated carbocycles. The molecule has 0 aliphatic carbocycles. The van der Waals surface area contributed by atoms with Gasteiger partial charge in [-0.2, -0.15) is 5.53 Å². The fraction of sp³-hybridized carbons (Fsp3) is 0.125. The first-order valence-electron chi connectivity index (χ1n) is 3.79. The van der Waals surface area contributed by atoms with E-state index in [1.807, 2.05) is 0 Å². The molecule has 0 aliphatic rings. The van der Waals surface area contributed by atoms with Crippen LogP contribution in [0.4, 0.5) is 4.39 Å². The Morgan fingerprint density at radius 2 is 2.36 bits per heavy atom. The normalized spacial score (nSPS) is 9.93. The quantitative estimate of drug-likeness (QED) is 0.500. The molecule has 0 bridgehead atoms. The lowest BCUT2D eigenvalue weighted by atomic mass is 10.2. The number of hydrazine groups is 2. The molecule has 0 fully saturated rings. The summed E-state index contributed by atoms with van der Waals surface area (Å²) in [5, 5.41) is 1.47. The summed E-state index contributed by atoms with van der Waals surface area (Å²) < 4.78 is 13.7. The van der Waals surface area contributed by atoms with Crippen molar-refractivity contribution in [2.24, 2.45) is 5.84 Å². The number of halogens is 2. The van der Waals surface area contributed by atoms with Crippen LogP contribution in [0.2, 0.25) is 0 Å².